The van der Waals surface area contributed by atoms with Crippen LogP contribution in [0, 0.1) is 11.8 Å². The Hall–Kier alpha value is -1.11. The molecule has 0 spiro atoms. The number of ketones is 1. The third-order valence-electron chi connectivity index (χ3n) is 4.65. The molecule has 1 heteroatoms. The van der Waals surface area contributed by atoms with Crippen molar-refractivity contribution in [2.75, 3.05) is 0 Å². The van der Waals surface area contributed by atoms with Gasteiger partial charge < -0.3 is 0 Å². The second-order valence-electron chi connectivity index (χ2n) is 6.07. The van der Waals surface area contributed by atoms with E-state index in [1.807, 2.05) is 0 Å². The van der Waals surface area contributed by atoms with Crippen LogP contribution in [0.25, 0.3) is 0 Å². The van der Waals surface area contributed by atoms with Gasteiger partial charge in [0.15, 0.2) is 0 Å². The minimum Gasteiger partial charge on any atom is -0.299 e. The van der Waals surface area contributed by atoms with Gasteiger partial charge in [0.1, 0.15) is 5.78 Å². The first-order valence-corrected chi connectivity index (χ1v) is 7.40. The number of carbonyl (C=O) groups is 1. The van der Waals surface area contributed by atoms with Crippen molar-refractivity contribution >= 4 is 5.78 Å². The van der Waals surface area contributed by atoms with Gasteiger partial charge in [-0.3, -0.25) is 4.79 Å². The van der Waals surface area contributed by atoms with E-state index in [1.54, 1.807) is 0 Å². The fraction of sp³-hybridized carbons (Fsp3) is 0.588. The summed E-state index contributed by atoms with van der Waals surface area (Å²) in [5, 5.41) is 0. The molecule has 1 aromatic carbocycles. The van der Waals surface area contributed by atoms with E-state index in [2.05, 4.69) is 30.3 Å². The van der Waals surface area contributed by atoms with Crippen molar-refractivity contribution in [2.24, 2.45) is 11.8 Å². The standard InChI is InChI=1S/C17H22O/c18-17-11-10-15(14-4-2-1-3-5-14)12-16(17)9-8-13-6-7-13/h1-5,13,15-16H,6-12H2. The van der Waals surface area contributed by atoms with Crippen LogP contribution in [0.5, 0.6) is 0 Å². The highest BCUT2D eigenvalue weighted by atomic mass is 16.1. The molecule has 2 unspecified atom stereocenters. The number of hydrogen-bond donors (Lipinski definition) is 0. The van der Waals surface area contributed by atoms with Gasteiger partial charge in [0, 0.05) is 12.3 Å². The lowest BCUT2D eigenvalue weighted by Gasteiger charge is -2.28. The molecule has 0 radical (unpaired) electrons. The van der Waals surface area contributed by atoms with E-state index >= 15 is 0 Å². The summed E-state index contributed by atoms with van der Waals surface area (Å²) in [6.07, 6.45) is 8.20. The van der Waals surface area contributed by atoms with Crippen molar-refractivity contribution in [3.8, 4) is 0 Å². The normalized spacial score (nSPS) is 28.3. The maximum atomic E-state index is 12.0. The van der Waals surface area contributed by atoms with E-state index in [0.29, 0.717) is 17.6 Å². The van der Waals surface area contributed by atoms with Gasteiger partial charge in [-0.15, -0.1) is 0 Å². The molecule has 0 aromatic heterocycles. The molecule has 0 saturated heterocycles. The highest BCUT2D eigenvalue weighted by Crippen LogP contribution is 2.40. The summed E-state index contributed by atoms with van der Waals surface area (Å²) in [6, 6.07) is 10.7. The molecule has 2 saturated carbocycles. The largest absolute Gasteiger partial charge is 0.299 e. The third-order valence-corrected chi connectivity index (χ3v) is 4.65. The molecular formula is C17H22O. The van der Waals surface area contributed by atoms with Crippen LogP contribution in [0.15, 0.2) is 30.3 Å². The number of benzene rings is 1. The van der Waals surface area contributed by atoms with Gasteiger partial charge in [-0.1, -0.05) is 43.2 Å². The Morgan fingerprint density at radius 1 is 1.00 bits per heavy atom. The van der Waals surface area contributed by atoms with Crippen LogP contribution in [0.2, 0.25) is 0 Å². The molecule has 0 aliphatic heterocycles. The van der Waals surface area contributed by atoms with Crippen molar-refractivity contribution in [1.82, 2.24) is 0 Å². The van der Waals surface area contributed by atoms with E-state index in [0.717, 1.165) is 31.6 Å². The molecule has 0 bridgehead atoms. The summed E-state index contributed by atoms with van der Waals surface area (Å²) in [5.41, 5.74) is 1.43. The predicted molar refractivity (Wildman–Crippen MR) is 73.5 cm³/mol. The lowest BCUT2D eigenvalue weighted by molar-refractivity contribution is -0.125. The molecule has 2 aliphatic rings. The fourth-order valence-electron chi connectivity index (χ4n) is 3.26. The number of hydrogen-bond acceptors (Lipinski definition) is 1. The second-order valence-corrected chi connectivity index (χ2v) is 6.07. The van der Waals surface area contributed by atoms with Crippen LogP contribution in [0.3, 0.4) is 0 Å². The zero-order chi connectivity index (χ0) is 12.4. The molecule has 96 valence electrons. The molecule has 2 atom stereocenters. The first kappa shape index (κ1) is 12.0. The SMILES string of the molecule is O=C1CCC(c2ccccc2)CC1CCC1CC1. The summed E-state index contributed by atoms with van der Waals surface area (Å²) in [5.74, 6) is 2.45. The first-order valence-electron chi connectivity index (χ1n) is 7.40. The summed E-state index contributed by atoms with van der Waals surface area (Å²) in [6.45, 7) is 0. The molecular weight excluding hydrogens is 220 g/mol. The Morgan fingerprint density at radius 3 is 2.50 bits per heavy atom. The Labute approximate surface area is 110 Å². The van der Waals surface area contributed by atoms with Gasteiger partial charge in [0.05, 0.1) is 0 Å². The van der Waals surface area contributed by atoms with Crippen molar-refractivity contribution < 1.29 is 4.79 Å². The van der Waals surface area contributed by atoms with Crippen molar-refractivity contribution in [3.63, 3.8) is 0 Å². The van der Waals surface area contributed by atoms with Gasteiger partial charge in [-0.05, 0) is 43.1 Å². The van der Waals surface area contributed by atoms with Gasteiger partial charge in [0.25, 0.3) is 0 Å². The van der Waals surface area contributed by atoms with E-state index < -0.39 is 0 Å². The third kappa shape index (κ3) is 2.82. The zero-order valence-electron chi connectivity index (χ0n) is 11.0. The molecule has 1 aromatic rings. The van der Waals surface area contributed by atoms with Crippen molar-refractivity contribution in [3.05, 3.63) is 35.9 Å². The average Bonchev–Trinajstić information content (AvgIpc) is 3.23. The Kier molecular flexibility index (Phi) is 3.49. The minimum atomic E-state index is 0.351. The Morgan fingerprint density at radius 2 is 1.78 bits per heavy atom. The molecule has 2 fully saturated rings. The average molecular weight is 242 g/mol. The predicted octanol–water partition coefficient (Wildman–Crippen LogP) is 4.33. The van der Waals surface area contributed by atoms with E-state index in [4.69, 9.17) is 0 Å². The Bertz CT molecular complexity index is 405. The summed E-state index contributed by atoms with van der Waals surface area (Å²) in [7, 11) is 0. The smallest absolute Gasteiger partial charge is 0.136 e. The lowest BCUT2D eigenvalue weighted by Crippen LogP contribution is -2.24. The number of carbonyl (C=O) groups excluding carboxylic acids is 1. The molecule has 3 rings (SSSR count). The van der Waals surface area contributed by atoms with Crippen LogP contribution in [0.1, 0.15) is 56.4 Å². The molecule has 0 N–H and O–H groups in total. The zero-order valence-corrected chi connectivity index (χ0v) is 11.0. The molecule has 2 aliphatic carbocycles. The lowest BCUT2D eigenvalue weighted by atomic mass is 9.75. The number of Topliss-reactive ketones (excluding diaryl/α,β-unsaturated/α-hetero) is 1. The Balaban J connectivity index is 1.62. The van der Waals surface area contributed by atoms with Crippen LogP contribution >= 0.6 is 0 Å². The molecule has 1 nitrogen and oxygen atoms in total. The molecule has 0 heterocycles. The van der Waals surface area contributed by atoms with E-state index in [-0.39, 0.29) is 0 Å². The molecule has 0 amide bonds. The number of rotatable bonds is 4. The quantitative estimate of drug-likeness (QED) is 0.768. The maximum Gasteiger partial charge on any atom is 0.136 e. The summed E-state index contributed by atoms with van der Waals surface area (Å²) in [4.78, 5) is 12.0. The van der Waals surface area contributed by atoms with Gasteiger partial charge in [-0.25, -0.2) is 0 Å². The molecule has 18 heavy (non-hydrogen) atoms. The second kappa shape index (κ2) is 5.26. The maximum absolute atomic E-state index is 12.0. The van der Waals surface area contributed by atoms with Crippen molar-refractivity contribution in [1.29, 1.82) is 0 Å². The minimum absolute atomic E-state index is 0.351. The first-order chi connectivity index (χ1) is 8.83. The van der Waals surface area contributed by atoms with Gasteiger partial charge >= 0.3 is 0 Å². The van der Waals surface area contributed by atoms with E-state index in [9.17, 15) is 4.79 Å². The topological polar surface area (TPSA) is 17.1 Å². The van der Waals surface area contributed by atoms with E-state index in [1.165, 1.54) is 24.8 Å². The monoisotopic (exact) mass is 242 g/mol. The van der Waals surface area contributed by atoms with Gasteiger partial charge in [0.2, 0.25) is 0 Å². The van der Waals surface area contributed by atoms with Gasteiger partial charge in [-0.2, -0.15) is 0 Å². The highest BCUT2D eigenvalue weighted by Gasteiger charge is 2.31. The summed E-state index contributed by atoms with van der Waals surface area (Å²) >= 11 is 0. The fourth-order valence-corrected chi connectivity index (χ4v) is 3.26. The highest BCUT2D eigenvalue weighted by molar-refractivity contribution is 5.82. The summed E-state index contributed by atoms with van der Waals surface area (Å²) < 4.78 is 0. The van der Waals surface area contributed by atoms with Crippen LogP contribution in [-0.4, -0.2) is 5.78 Å². The van der Waals surface area contributed by atoms with Crippen LogP contribution in [-0.2, 0) is 4.79 Å². The van der Waals surface area contributed by atoms with Crippen LogP contribution < -0.4 is 0 Å². The van der Waals surface area contributed by atoms with Crippen LogP contribution in [0.4, 0.5) is 0 Å². The van der Waals surface area contributed by atoms with Crippen molar-refractivity contribution in [2.45, 2.75) is 50.9 Å².